The Labute approximate surface area is 131 Å². The standard InChI is InChI=1S/C15H16BrN3O2/c1-18(2)13-6-4-12(5-7-13)17-10-11-3-8-14(16)15(9-11)19(20)21/h3-9,17H,10H2,1-2H3. The van der Waals surface area contributed by atoms with Crippen molar-refractivity contribution in [3.05, 3.63) is 62.6 Å². The van der Waals surface area contributed by atoms with Gasteiger partial charge in [-0.3, -0.25) is 10.1 Å². The van der Waals surface area contributed by atoms with Crippen molar-refractivity contribution in [3.8, 4) is 0 Å². The first-order valence-electron chi connectivity index (χ1n) is 6.41. The van der Waals surface area contributed by atoms with Crippen LogP contribution in [0.3, 0.4) is 0 Å². The first kappa shape index (κ1) is 15.3. The molecule has 0 heterocycles. The molecule has 0 bridgehead atoms. The van der Waals surface area contributed by atoms with Crippen LogP contribution in [0.15, 0.2) is 46.9 Å². The minimum atomic E-state index is -0.389. The predicted molar refractivity (Wildman–Crippen MR) is 88.9 cm³/mol. The first-order chi connectivity index (χ1) is 9.97. The number of hydrogen-bond donors (Lipinski definition) is 1. The summed E-state index contributed by atoms with van der Waals surface area (Å²) in [6, 6.07) is 13.2. The van der Waals surface area contributed by atoms with E-state index in [0.717, 1.165) is 16.9 Å². The fraction of sp³-hybridized carbons (Fsp3) is 0.200. The molecule has 0 saturated carbocycles. The van der Waals surface area contributed by atoms with Crippen molar-refractivity contribution in [2.75, 3.05) is 24.3 Å². The molecule has 0 atom stereocenters. The highest BCUT2D eigenvalue weighted by atomic mass is 79.9. The van der Waals surface area contributed by atoms with Gasteiger partial charge in [-0.1, -0.05) is 6.07 Å². The van der Waals surface area contributed by atoms with E-state index in [1.54, 1.807) is 12.1 Å². The normalized spacial score (nSPS) is 10.2. The summed E-state index contributed by atoms with van der Waals surface area (Å²) >= 11 is 3.18. The molecule has 110 valence electrons. The smallest absolute Gasteiger partial charge is 0.283 e. The summed E-state index contributed by atoms with van der Waals surface area (Å²) in [7, 11) is 3.98. The van der Waals surface area contributed by atoms with Crippen molar-refractivity contribution in [2.24, 2.45) is 0 Å². The van der Waals surface area contributed by atoms with Crippen LogP contribution in [0, 0.1) is 10.1 Å². The molecular weight excluding hydrogens is 334 g/mol. The molecule has 0 radical (unpaired) electrons. The van der Waals surface area contributed by atoms with E-state index in [2.05, 4.69) is 21.2 Å². The van der Waals surface area contributed by atoms with Gasteiger partial charge in [0.05, 0.1) is 9.40 Å². The van der Waals surface area contributed by atoms with Crippen LogP contribution in [0.2, 0.25) is 0 Å². The molecule has 1 N–H and O–H groups in total. The third kappa shape index (κ3) is 3.95. The lowest BCUT2D eigenvalue weighted by Gasteiger charge is -2.13. The quantitative estimate of drug-likeness (QED) is 0.653. The van der Waals surface area contributed by atoms with Gasteiger partial charge in [0.1, 0.15) is 0 Å². The van der Waals surface area contributed by atoms with Crippen LogP contribution in [-0.2, 0) is 6.54 Å². The van der Waals surface area contributed by atoms with E-state index in [-0.39, 0.29) is 10.6 Å². The molecule has 5 nitrogen and oxygen atoms in total. The molecule has 2 aromatic carbocycles. The number of nitro groups is 1. The zero-order valence-electron chi connectivity index (χ0n) is 11.8. The van der Waals surface area contributed by atoms with Gasteiger partial charge in [-0.05, 0) is 51.8 Å². The van der Waals surface area contributed by atoms with Crippen LogP contribution in [0.4, 0.5) is 17.1 Å². The minimum Gasteiger partial charge on any atom is -0.381 e. The van der Waals surface area contributed by atoms with Crippen molar-refractivity contribution in [3.63, 3.8) is 0 Å². The van der Waals surface area contributed by atoms with Gasteiger partial charge in [0.15, 0.2) is 0 Å². The van der Waals surface area contributed by atoms with Crippen LogP contribution < -0.4 is 10.2 Å². The zero-order valence-corrected chi connectivity index (χ0v) is 13.4. The van der Waals surface area contributed by atoms with Crippen molar-refractivity contribution in [2.45, 2.75) is 6.54 Å². The van der Waals surface area contributed by atoms with Crippen LogP contribution in [0.25, 0.3) is 0 Å². The largest absolute Gasteiger partial charge is 0.381 e. The second kappa shape index (κ2) is 6.58. The molecule has 0 aliphatic rings. The van der Waals surface area contributed by atoms with Gasteiger partial charge >= 0.3 is 0 Å². The third-order valence-corrected chi connectivity index (χ3v) is 3.76. The molecule has 2 aromatic rings. The van der Waals surface area contributed by atoms with Gasteiger partial charge in [0.25, 0.3) is 5.69 Å². The summed E-state index contributed by atoms with van der Waals surface area (Å²) in [6.07, 6.45) is 0. The highest BCUT2D eigenvalue weighted by molar-refractivity contribution is 9.10. The minimum absolute atomic E-state index is 0.0808. The number of halogens is 1. The number of hydrogen-bond acceptors (Lipinski definition) is 4. The SMILES string of the molecule is CN(C)c1ccc(NCc2ccc(Br)c([N+](=O)[O-])c2)cc1. The Morgan fingerprint density at radius 3 is 2.43 bits per heavy atom. The maximum atomic E-state index is 10.9. The van der Waals surface area contributed by atoms with Gasteiger partial charge in [-0.15, -0.1) is 0 Å². The Bertz CT molecular complexity index is 642. The highest BCUT2D eigenvalue weighted by Gasteiger charge is 2.12. The fourth-order valence-corrected chi connectivity index (χ4v) is 2.28. The Morgan fingerprint density at radius 2 is 1.86 bits per heavy atom. The number of anilines is 2. The Balaban J connectivity index is 2.06. The van der Waals surface area contributed by atoms with E-state index < -0.39 is 0 Å². The van der Waals surface area contributed by atoms with Crippen LogP contribution >= 0.6 is 15.9 Å². The maximum Gasteiger partial charge on any atom is 0.283 e. The van der Waals surface area contributed by atoms with Gasteiger partial charge in [0.2, 0.25) is 0 Å². The lowest BCUT2D eigenvalue weighted by Crippen LogP contribution is -2.08. The average molecular weight is 350 g/mol. The summed E-state index contributed by atoms with van der Waals surface area (Å²) in [5, 5.41) is 14.2. The van der Waals surface area contributed by atoms with E-state index in [9.17, 15) is 10.1 Å². The van der Waals surface area contributed by atoms with Crippen LogP contribution in [0.5, 0.6) is 0 Å². The molecule has 0 spiro atoms. The average Bonchev–Trinajstić information content (AvgIpc) is 2.46. The van der Waals surface area contributed by atoms with E-state index in [0.29, 0.717) is 11.0 Å². The summed E-state index contributed by atoms with van der Waals surface area (Å²) < 4.78 is 0.492. The summed E-state index contributed by atoms with van der Waals surface area (Å²) in [5.74, 6) is 0. The van der Waals surface area contributed by atoms with E-state index in [1.165, 1.54) is 0 Å². The van der Waals surface area contributed by atoms with Crippen LogP contribution in [0.1, 0.15) is 5.56 Å². The van der Waals surface area contributed by atoms with Gasteiger partial charge < -0.3 is 10.2 Å². The number of benzene rings is 2. The van der Waals surface area contributed by atoms with E-state index >= 15 is 0 Å². The fourth-order valence-electron chi connectivity index (χ4n) is 1.89. The monoisotopic (exact) mass is 349 g/mol. The molecule has 2 rings (SSSR count). The summed E-state index contributed by atoms with van der Waals surface area (Å²) in [6.45, 7) is 0.537. The maximum absolute atomic E-state index is 10.9. The van der Waals surface area contributed by atoms with Crippen molar-refractivity contribution in [1.29, 1.82) is 0 Å². The predicted octanol–water partition coefficient (Wildman–Crippen LogP) is 4.04. The molecule has 21 heavy (non-hydrogen) atoms. The van der Waals surface area contributed by atoms with Gasteiger partial charge in [-0.25, -0.2) is 0 Å². The van der Waals surface area contributed by atoms with Gasteiger partial charge in [0, 0.05) is 38.1 Å². The molecule has 0 amide bonds. The van der Waals surface area contributed by atoms with Crippen molar-refractivity contribution >= 4 is 33.0 Å². The number of nitrogens with zero attached hydrogens (tertiary/aromatic N) is 2. The molecule has 0 aliphatic heterocycles. The Kier molecular flexibility index (Phi) is 4.80. The van der Waals surface area contributed by atoms with Crippen LogP contribution in [-0.4, -0.2) is 19.0 Å². The second-order valence-electron chi connectivity index (χ2n) is 4.84. The molecule has 0 unspecified atom stereocenters. The van der Waals surface area contributed by atoms with E-state index in [1.807, 2.05) is 49.3 Å². The third-order valence-electron chi connectivity index (χ3n) is 3.09. The highest BCUT2D eigenvalue weighted by Crippen LogP contribution is 2.26. The number of nitrogens with one attached hydrogen (secondary N) is 1. The second-order valence-corrected chi connectivity index (χ2v) is 5.69. The Morgan fingerprint density at radius 1 is 1.19 bits per heavy atom. The lowest BCUT2D eigenvalue weighted by molar-refractivity contribution is -0.385. The lowest BCUT2D eigenvalue weighted by atomic mass is 10.2. The molecule has 0 fully saturated rings. The Hall–Kier alpha value is -2.08. The number of nitro benzene ring substituents is 1. The molecular formula is C15H16BrN3O2. The molecule has 0 aromatic heterocycles. The molecule has 0 saturated heterocycles. The van der Waals surface area contributed by atoms with Crippen molar-refractivity contribution in [1.82, 2.24) is 0 Å². The molecule has 0 aliphatic carbocycles. The van der Waals surface area contributed by atoms with E-state index in [4.69, 9.17) is 0 Å². The topological polar surface area (TPSA) is 58.4 Å². The first-order valence-corrected chi connectivity index (χ1v) is 7.21. The zero-order chi connectivity index (χ0) is 15.4. The summed E-state index contributed by atoms with van der Waals surface area (Å²) in [4.78, 5) is 12.5. The number of rotatable bonds is 5. The summed E-state index contributed by atoms with van der Waals surface area (Å²) in [5.41, 5.74) is 3.05. The van der Waals surface area contributed by atoms with Crippen molar-refractivity contribution < 1.29 is 4.92 Å². The van der Waals surface area contributed by atoms with Gasteiger partial charge in [-0.2, -0.15) is 0 Å². The molecule has 6 heteroatoms.